The van der Waals surface area contributed by atoms with Gasteiger partial charge < -0.3 is 9.88 Å². The van der Waals surface area contributed by atoms with Crippen LogP contribution in [-0.4, -0.2) is 10.5 Å². The maximum Gasteiger partial charge on any atom is 0.266 e. The van der Waals surface area contributed by atoms with Gasteiger partial charge in [-0.15, -0.1) is 0 Å². The summed E-state index contributed by atoms with van der Waals surface area (Å²) in [6, 6.07) is 19.0. The van der Waals surface area contributed by atoms with Crippen molar-refractivity contribution in [2.45, 2.75) is 13.8 Å². The molecule has 4 nitrogen and oxygen atoms in total. The summed E-state index contributed by atoms with van der Waals surface area (Å²) in [4.78, 5) is 12.5. The Hall–Kier alpha value is -2.56. The molecule has 3 rings (SSSR count). The van der Waals surface area contributed by atoms with Gasteiger partial charge in [0.2, 0.25) is 0 Å². The number of halogens is 2. The molecular weight excluding hydrogens is 485 g/mol. The zero-order valence-electron chi connectivity index (χ0n) is 15.3. The lowest BCUT2D eigenvalue weighted by Gasteiger charge is -2.10. The minimum absolute atomic E-state index is 0.0304. The third-order valence-corrected chi connectivity index (χ3v) is 5.26. The highest BCUT2D eigenvalue weighted by atomic mass is 127. The van der Waals surface area contributed by atoms with E-state index in [1.54, 1.807) is 30.3 Å². The van der Waals surface area contributed by atoms with Crippen LogP contribution in [0.2, 0.25) is 5.02 Å². The second-order valence-corrected chi connectivity index (χ2v) is 7.95. The van der Waals surface area contributed by atoms with Crippen molar-refractivity contribution in [1.29, 1.82) is 5.26 Å². The highest BCUT2D eigenvalue weighted by molar-refractivity contribution is 14.1. The average Bonchev–Trinajstić information content (AvgIpc) is 2.94. The molecule has 0 aliphatic rings. The Kier molecular flexibility index (Phi) is 6.22. The lowest BCUT2D eigenvalue weighted by Crippen LogP contribution is -2.13. The van der Waals surface area contributed by atoms with Gasteiger partial charge >= 0.3 is 0 Å². The van der Waals surface area contributed by atoms with E-state index in [1.807, 2.05) is 50.2 Å². The molecule has 3 aromatic rings. The number of hydrogen-bond acceptors (Lipinski definition) is 2. The molecule has 0 saturated heterocycles. The lowest BCUT2D eigenvalue weighted by molar-refractivity contribution is -0.112. The van der Waals surface area contributed by atoms with Crippen molar-refractivity contribution in [3.63, 3.8) is 0 Å². The molecule has 0 aliphatic carbocycles. The van der Waals surface area contributed by atoms with E-state index in [4.69, 9.17) is 11.6 Å². The first-order valence-electron chi connectivity index (χ1n) is 8.52. The molecule has 140 valence electrons. The van der Waals surface area contributed by atoms with E-state index in [2.05, 4.69) is 32.5 Å². The summed E-state index contributed by atoms with van der Waals surface area (Å²) < 4.78 is 3.26. The Balaban J connectivity index is 1.93. The molecule has 0 fully saturated rings. The van der Waals surface area contributed by atoms with Crippen LogP contribution in [0.4, 0.5) is 5.69 Å². The summed E-state index contributed by atoms with van der Waals surface area (Å²) >= 11 is 8.22. The molecule has 0 radical (unpaired) electrons. The van der Waals surface area contributed by atoms with Crippen LogP contribution in [-0.2, 0) is 4.79 Å². The minimum atomic E-state index is -0.469. The van der Waals surface area contributed by atoms with Gasteiger partial charge in [0.15, 0.2) is 0 Å². The molecule has 1 aromatic heterocycles. The normalized spacial score (nSPS) is 11.2. The van der Waals surface area contributed by atoms with Gasteiger partial charge in [0.1, 0.15) is 11.6 Å². The molecule has 28 heavy (non-hydrogen) atoms. The van der Waals surface area contributed by atoms with Crippen molar-refractivity contribution in [1.82, 2.24) is 4.57 Å². The molecule has 0 bridgehead atoms. The fourth-order valence-electron chi connectivity index (χ4n) is 2.99. The fourth-order valence-corrected chi connectivity index (χ4v) is 3.54. The minimum Gasteiger partial charge on any atom is -0.321 e. The first kappa shape index (κ1) is 20.2. The monoisotopic (exact) mass is 501 g/mol. The predicted molar refractivity (Wildman–Crippen MR) is 122 cm³/mol. The molecule has 0 atom stereocenters. The van der Waals surface area contributed by atoms with Gasteiger partial charge in [0.05, 0.1) is 0 Å². The molecule has 2 aromatic carbocycles. The number of nitrogens with one attached hydrogen (secondary N) is 1. The molecule has 0 unspecified atom stereocenters. The average molecular weight is 502 g/mol. The molecule has 0 saturated carbocycles. The fraction of sp³-hybridized carbons (Fsp3) is 0.0909. The zero-order valence-corrected chi connectivity index (χ0v) is 18.2. The lowest BCUT2D eigenvalue weighted by atomic mass is 10.1. The Morgan fingerprint density at radius 3 is 2.54 bits per heavy atom. The SMILES string of the molecule is Cc1cc(/C=C(/C#N)C(=O)Nc2cccc(Cl)c2)c(C)n1-c1ccc(I)cc1. The van der Waals surface area contributed by atoms with Crippen LogP contribution in [0.5, 0.6) is 0 Å². The summed E-state index contributed by atoms with van der Waals surface area (Å²) in [5.74, 6) is -0.469. The van der Waals surface area contributed by atoms with E-state index in [-0.39, 0.29) is 5.57 Å². The van der Waals surface area contributed by atoms with E-state index in [0.717, 1.165) is 26.2 Å². The molecule has 1 heterocycles. The summed E-state index contributed by atoms with van der Waals surface area (Å²) in [6.45, 7) is 3.97. The van der Waals surface area contributed by atoms with Crippen molar-refractivity contribution < 1.29 is 4.79 Å². The molecule has 1 amide bonds. The summed E-state index contributed by atoms with van der Waals surface area (Å²) in [7, 11) is 0. The number of aryl methyl sites for hydroxylation is 1. The number of amides is 1. The van der Waals surface area contributed by atoms with Gasteiger partial charge in [0.25, 0.3) is 5.91 Å². The molecule has 6 heteroatoms. The maximum atomic E-state index is 12.5. The van der Waals surface area contributed by atoms with Gasteiger partial charge in [-0.2, -0.15) is 5.26 Å². The van der Waals surface area contributed by atoms with E-state index in [0.29, 0.717) is 10.7 Å². The Bertz CT molecular complexity index is 1110. The van der Waals surface area contributed by atoms with Crippen LogP contribution < -0.4 is 5.32 Å². The Labute approximate surface area is 182 Å². The van der Waals surface area contributed by atoms with Gasteiger partial charge in [-0.05, 0) is 96.6 Å². The summed E-state index contributed by atoms with van der Waals surface area (Å²) in [5, 5.41) is 12.7. The van der Waals surface area contributed by atoms with Crippen LogP contribution in [0.25, 0.3) is 11.8 Å². The number of nitrogens with zero attached hydrogens (tertiary/aromatic N) is 2. The van der Waals surface area contributed by atoms with Gasteiger partial charge in [0, 0.05) is 31.4 Å². The van der Waals surface area contributed by atoms with Crippen LogP contribution in [0, 0.1) is 28.7 Å². The van der Waals surface area contributed by atoms with E-state index >= 15 is 0 Å². The molecule has 0 spiro atoms. The number of benzene rings is 2. The smallest absolute Gasteiger partial charge is 0.266 e. The standard InChI is InChI=1S/C22H17ClIN3O/c1-14-10-16(15(2)27(14)21-8-6-19(24)7-9-21)11-17(13-25)22(28)26-20-5-3-4-18(23)12-20/h3-12H,1-2H3,(H,26,28)/b17-11-. The van der Waals surface area contributed by atoms with Crippen molar-refractivity contribution in [3.8, 4) is 11.8 Å². The number of aromatic nitrogens is 1. The van der Waals surface area contributed by atoms with Crippen molar-refractivity contribution in [3.05, 3.63) is 85.7 Å². The number of carbonyl (C=O) groups is 1. The first-order chi connectivity index (χ1) is 13.4. The molecule has 1 N–H and O–H groups in total. The zero-order chi connectivity index (χ0) is 20.3. The van der Waals surface area contributed by atoms with Crippen LogP contribution >= 0.6 is 34.2 Å². The quantitative estimate of drug-likeness (QED) is 0.275. The van der Waals surface area contributed by atoms with E-state index < -0.39 is 5.91 Å². The highest BCUT2D eigenvalue weighted by Gasteiger charge is 2.14. The molecule has 0 aliphatic heterocycles. The van der Waals surface area contributed by atoms with Gasteiger partial charge in [-0.3, -0.25) is 4.79 Å². The van der Waals surface area contributed by atoms with Crippen molar-refractivity contribution in [2.75, 3.05) is 5.32 Å². The van der Waals surface area contributed by atoms with Crippen molar-refractivity contribution in [2.24, 2.45) is 0 Å². The van der Waals surface area contributed by atoms with E-state index in [1.165, 1.54) is 0 Å². The van der Waals surface area contributed by atoms with E-state index in [9.17, 15) is 10.1 Å². The third-order valence-electron chi connectivity index (χ3n) is 4.30. The third kappa shape index (κ3) is 4.46. The Morgan fingerprint density at radius 2 is 1.89 bits per heavy atom. The number of hydrogen-bond donors (Lipinski definition) is 1. The van der Waals surface area contributed by atoms with Crippen LogP contribution in [0.15, 0.2) is 60.2 Å². The van der Waals surface area contributed by atoms with Crippen LogP contribution in [0.1, 0.15) is 17.0 Å². The maximum absolute atomic E-state index is 12.5. The summed E-state index contributed by atoms with van der Waals surface area (Å²) in [6.07, 6.45) is 1.62. The number of anilines is 1. The largest absolute Gasteiger partial charge is 0.321 e. The second kappa shape index (κ2) is 8.63. The van der Waals surface area contributed by atoms with Crippen LogP contribution in [0.3, 0.4) is 0 Å². The number of carbonyl (C=O) groups excluding carboxylic acids is 1. The van der Waals surface area contributed by atoms with Crippen molar-refractivity contribution >= 4 is 51.9 Å². The highest BCUT2D eigenvalue weighted by Crippen LogP contribution is 2.24. The second-order valence-electron chi connectivity index (χ2n) is 6.27. The van der Waals surface area contributed by atoms with Gasteiger partial charge in [-0.1, -0.05) is 17.7 Å². The van der Waals surface area contributed by atoms with Gasteiger partial charge in [-0.25, -0.2) is 0 Å². The predicted octanol–water partition coefficient (Wildman–Crippen LogP) is 5.90. The number of nitriles is 1. The summed E-state index contributed by atoms with van der Waals surface area (Å²) in [5.41, 5.74) is 4.43. The molecular formula is C22H17ClIN3O. The Morgan fingerprint density at radius 1 is 1.18 bits per heavy atom. The first-order valence-corrected chi connectivity index (χ1v) is 9.98. The topological polar surface area (TPSA) is 57.8 Å². The number of rotatable bonds is 4.